The van der Waals surface area contributed by atoms with E-state index in [0.717, 1.165) is 40.2 Å². The van der Waals surface area contributed by atoms with Crippen LogP contribution in [0.5, 0.6) is 0 Å². The summed E-state index contributed by atoms with van der Waals surface area (Å²) in [6, 6.07) is 37.1. The van der Waals surface area contributed by atoms with Crippen LogP contribution >= 0.6 is 11.6 Å². The molecule has 0 fully saturated rings. The Hall–Kier alpha value is -4.15. The molecular formula is C30H23ClN4. The zero-order valence-electron chi connectivity index (χ0n) is 19.0. The molecule has 0 spiro atoms. The van der Waals surface area contributed by atoms with Gasteiger partial charge in [0, 0.05) is 28.8 Å². The largest absolute Gasteiger partial charge is 0.302 e. The number of halogens is 1. The summed E-state index contributed by atoms with van der Waals surface area (Å²) in [6.45, 7) is 0. The zero-order valence-corrected chi connectivity index (χ0v) is 19.7. The third-order valence-electron chi connectivity index (χ3n) is 6.33. The number of hydrogen-bond donors (Lipinski definition) is 1. The van der Waals surface area contributed by atoms with Crippen LogP contribution in [0.15, 0.2) is 120 Å². The highest BCUT2D eigenvalue weighted by Gasteiger charge is 2.26. The molecule has 0 saturated carbocycles. The maximum Gasteiger partial charge on any atom is 0.0981 e. The highest BCUT2D eigenvalue weighted by Crippen LogP contribution is 2.33. The SMILES string of the molecule is Clc1ccc(-n2cc(C3CC(c4ccc(-c5ccccc5)cc4)=NN3)c(-c3ccccc3)n2)cc1. The molecule has 4 nitrogen and oxygen atoms in total. The lowest BCUT2D eigenvalue weighted by molar-refractivity contribution is 0.621. The first-order chi connectivity index (χ1) is 17.2. The van der Waals surface area contributed by atoms with Gasteiger partial charge in [0.25, 0.3) is 0 Å². The van der Waals surface area contributed by atoms with Crippen molar-refractivity contribution in [1.29, 1.82) is 0 Å². The minimum atomic E-state index is 0.0371. The Morgan fingerprint density at radius 1 is 0.686 bits per heavy atom. The lowest BCUT2D eigenvalue weighted by atomic mass is 9.96. The van der Waals surface area contributed by atoms with Gasteiger partial charge in [0.15, 0.2) is 0 Å². The van der Waals surface area contributed by atoms with Crippen LogP contribution in [0.1, 0.15) is 23.6 Å². The fourth-order valence-corrected chi connectivity index (χ4v) is 4.60. The zero-order chi connectivity index (χ0) is 23.6. The summed E-state index contributed by atoms with van der Waals surface area (Å²) in [5.41, 5.74) is 12.1. The van der Waals surface area contributed by atoms with Gasteiger partial charge < -0.3 is 5.43 Å². The number of rotatable bonds is 5. The molecule has 5 heteroatoms. The van der Waals surface area contributed by atoms with E-state index < -0.39 is 0 Å². The topological polar surface area (TPSA) is 42.2 Å². The Labute approximate surface area is 209 Å². The van der Waals surface area contributed by atoms with Crippen molar-refractivity contribution in [3.8, 4) is 28.1 Å². The van der Waals surface area contributed by atoms with Crippen molar-refractivity contribution in [3.63, 3.8) is 0 Å². The van der Waals surface area contributed by atoms with Crippen molar-refractivity contribution < 1.29 is 0 Å². The molecule has 4 aromatic carbocycles. The van der Waals surface area contributed by atoms with Crippen LogP contribution in [0.25, 0.3) is 28.1 Å². The smallest absolute Gasteiger partial charge is 0.0981 e. The highest BCUT2D eigenvalue weighted by molar-refractivity contribution is 6.30. The number of hydrazone groups is 1. The van der Waals surface area contributed by atoms with Crippen LogP contribution in [0.3, 0.4) is 0 Å². The average molecular weight is 475 g/mol. The maximum absolute atomic E-state index is 6.10. The Morgan fingerprint density at radius 3 is 1.97 bits per heavy atom. The normalized spacial score (nSPS) is 15.0. The molecule has 2 heterocycles. The van der Waals surface area contributed by atoms with Crippen molar-refractivity contribution >= 4 is 17.3 Å². The van der Waals surface area contributed by atoms with Gasteiger partial charge in [0.05, 0.1) is 23.1 Å². The fourth-order valence-electron chi connectivity index (χ4n) is 4.48. The van der Waals surface area contributed by atoms with Gasteiger partial charge in [-0.3, -0.25) is 0 Å². The molecule has 0 bridgehead atoms. The lowest BCUT2D eigenvalue weighted by Crippen LogP contribution is -2.10. The van der Waals surface area contributed by atoms with Crippen molar-refractivity contribution in [2.75, 3.05) is 0 Å². The lowest BCUT2D eigenvalue weighted by Gasteiger charge is -2.10. The molecule has 170 valence electrons. The second kappa shape index (κ2) is 9.24. The molecule has 6 rings (SSSR count). The molecule has 1 unspecified atom stereocenters. The van der Waals surface area contributed by atoms with Crippen LogP contribution in [0.2, 0.25) is 5.02 Å². The maximum atomic E-state index is 6.10. The monoisotopic (exact) mass is 474 g/mol. The van der Waals surface area contributed by atoms with Gasteiger partial charge in [-0.2, -0.15) is 10.2 Å². The van der Waals surface area contributed by atoms with Gasteiger partial charge in [0.1, 0.15) is 0 Å². The Morgan fingerprint density at radius 2 is 1.29 bits per heavy atom. The van der Waals surface area contributed by atoms with E-state index >= 15 is 0 Å². The van der Waals surface area contributed by atoms with E-state index in [1.807, 2.05) is 53.2 Å². The molecule has 35 heavy (non-hydrogen) atoms. The number of hydrogen-bond acceptors (Lipinski definition) is 3. The van der Waals surface area contributed by atoms with Crippen molar-refractivity contribution in [2.45, 2.75) is 12.5 Å². The summed E-state index contributed by atoms with van der Waals surface area (Å²) < 4.78 is 1.92. The Kier molecular flexibility index (Phi) is 5.65. The minimum Gasteiger partial charge on any atom is -0.302 e. The van der Waals surface area contributed by atoms with E-state index in [9.17, 15) is 0 Å². The average Bonchev–Trinajstić information content (AvgIpc) is 3.58. The van der Waals surface area contributed by atoms with Crippen LogP contribution < -0.4 is 5.43 Å². The van der Waals surface area contributed by atoms with Gasteiger partial charge in [-0.05, 0) is 41.0 Å². The standard InChI is InChI=1S/C30H23ClN4/c31-25-15-17-26(18-16-25)35-20-27(30(34-35)24-9-5-2-6-10-24)29-19-28(32-33-29)23-13-11-22(12-14-23)21-7-3-1-4-8-21/h1-18,20,29,33H,19H2. The molecule has 0 aliphatic carbocycles. The molecule has 0 saturated heterocycles. The van der Waals surface area contributed by atoms with E-state index in [1.54, 1.807) is 0 Å². The van der Waals surface area contributed by atoms with Gasteiger partial charge in [-0.1, -0.05) is 96.5 Å². The molecule has 1 atom stereocenters. The molecule has 5 aromatic rings. The van der Waals surface area contributed by atoms with Crippen LogP contribution in [0.4, 0.5) is 0 Å². The van der Waals surface area contributed by atoms with Gasteiger partial charge in [0.2, 0.25) is 0 Å². The van der Waals surface area contributed by atoms with Crippen molar-refractivity contribution in [3.05, 3.63) is 132 Å². The predicted molar refractivity (Wildman–Crippen MR) is 143 cm³/mol. The first kappa shape index (κ1) is 21.4. The molecule has 1 aliphatic rings. The quantitative estimate of drug-likeness (QED) is 0.290. The summed E-state index contributed by atoms with van der Waals surface area (Å²) in [5, 5.41) is 10.4. The summed E-state index contributed by atoms with van der Waals surface area (Å²) >= 11 is 6.10. The fraction of sp³-hybridized carbons (Fsp3) is 0.0667. The van der Waals surface area contributed by atoms with Gasteiger partial charge >= 0.3 is 0 Å². The summed E-state index contributed by atoms with van der Waals surface area (Å²) in [7, 11) is 0. The van der Waals surface area contributed by atoms with E-state index in [0.29, 0.717) is 5.02 Å². The molecular weight excluding hydrogens is 452 g/mol. The van der Waals surface area contributed by atoms with Crippen LogP contribution in [-0.4, -0.2) is 15.5 Å². The summed E-state index contributed by atoms with van der Waals surface area (Å²) in [6.07, 6.45) is 2.89. The molecule has 1 aliphatic heterocycles. The first-order valence-electron chi connectivity index (χ1n) is 11.6. The summed E-state index contributed by atoms with van der Waals surface area (Å²) in [5.74, 6) is 0. The number of benzene rings is 4. The van der Waals surface area contributed by atoms with Gasteiger partial charge in [-0.15, -0.1) is 0 Å². The van der Waals surface area contributed by atoms with E-state index in [1.165, 1.54) is 11.1 Å². The number of nitrogens with one attached hydrogen (secondary N) is 1. The van der Waals surface area contributed by atoms with Crippen LogP contribution in [0, 0.1) is 0 Å². The van der Waals surface area contributed by atoms with E-state index in [2.05, 4.69) is 72.3 Å². The third-order valence-corrected chi connectivity index (χ3v) is 6.59. The number of aromatic nitrogens is 2. The summed E-state index contributed by atoms with van der Waals surface area (Å²) in [4.78, 5) is 0. The highest BCUT2D eigenvalue weighted by atomic mass is 35.5. The first-order valence-corrected chi connectivity index (χ1v) is 12.0. The molecule has 1 aromatic heterocycles. The molecule has 1 N–H and O–H groups in total. The van der Waals surface area contributed by atoms with Gasteiger partial charge in [-0.25, -0.2) is 4.68 Å². The Bertz CT molecular complexity index is 1470. The van der Waals surface area contributed by atoms with E-state index in [-0.39, 0.29) is 6.04 Å². The Balaban J connectivity index is 1.29. The van der Waals surface area contributed by atoms with Crippen molar-refractivity contribution in [1.82, 2.24) is 15.2 Å². The molecule has 0 amide bonds. The van der Waals surface area contributed by atoms with Crippen molar-refractivity contribution in [2.24, 2.45) is 5.10 Å². The predicted octanol–water partition coefficient (Wildman–Crippen LogP) is 7.30. The second-order valence-corrected chi connectivity index (χ2v) is 9.04. The number of nitrogens with zero attached hydrogens (tertiary/aromatic N) is 3. The minimum absolute atomic E-state index is 0.0371. The third kappa shape index (κ3) is 4.36. The second-order valence-electron chi connectivity index (χ2n) is 8.61. The molecule has 0 radical (unpaired) electrons. The van der Waals surface area contributed by atoms with E-state index in [4.69, 9.17) is 21.8 Å². The van der Waals surface area contributed by atoms with Crippen LogP contribution in [-0.2, 0) is 0 Å².